The summed E-state index contributed by atoms with van der Waals surface area (Å²) < 4.78 is 5.53. The molecular weight excluding hydrogens is 302 g/mol. The largest absolute Gasteiger partial charge is 0.496 e. The van der Waals surface area contributed by atoms with Crippen molar-refractivity contribution in [2.75, 3.05) is 26.7 Å². The predicted octanol–water partition coefficient (Wildman–Crippen LogP) is 2.47. The molecule has 1 amide bonds. The lowest BCUT2D eigenvalue weighted by Gasteiger charge is -2.31. The Bertz CT molecular complexity index is 539. The van der Waals surface area contributed by atoms with Gasteiger partial charge in [0.2, 0.25) is 5.91 Å². The van der Waals surface area contributed by atoms with Gasteiger partial charge in [-0.3, -0.25) is 9.69 Å². The fraction of sp³-hybridized carbons (Fsp3) is 0.632. The molecule has 24 heavy (non-hydrogen) atoms. The molecule has 0 radical (unpaired) electrons. The molecule has 1 aliphatic rings. The summed E-state index contributed by atoms with van der Waals surface area (Å²) in [6.07, 6.45) is 3.97. The van der Waals surface area contributed by atoms with Crippen LogP contribution in [0.4, 0.5) is 0 Å². The van der Waals surface area contributed by atoms with E-state index in [-0.39, 0.29) is 11.9 Å². The van der Waals surface area contributed by atoms with Crippen molar-refractivity contribution >= 4 is 5.91 Å². The lowest BCUT2D eigenvalue weighted by molar-refractivity contribution is -0.126. The smallest absolute Gasteiger partial charge is 0.239 e. The van der Waals surface area contributed by atoms with Crippen LogP contribution in [0.3, 0.4) is 0 Å². The van der Waals surface area contributed by atoms with Gasteiger partial charge in [0.25, 0.3) is 0 Å². The molecule has 0 aliphatic carbocycles. The first kappa shape index (κ1) is 18.7. The second-order valence-electron chi connectivity index (χ2n) is 6.88. The molecule has 5 heteroatoms. The van der Waals surface area contributed by atoms with Crippen molar-refractivity contribution in [3.05, 3.63) is 29.8 Å². The average Bonchev–Trinajstić information content (AvgIpc) is 3.09. The van der Waals surface area contributed by atoms with Crippen LogP contribution >= 0.6 is 0 Å². The highest BCUT2D eigenvalue weighted by Crippen LogP contribution is 2.31. The summed E-state index contributed by atoms with van der Waals surface area (Å²) in [6, 6.07) is 8.17. The maximum Gasteiger partial charge on any atom is 0.239 e. The molecule has 1 aliphatic heterocycles. The van der Waals surface area contributed by atoms with Crippen molar-refractivity contribution < 1.29 is 9.53 Å². The van der Waals surface area contributed by atoms with Crippen LogP contribution < -0.4 is 15.8 Å². The number of nitrogens with zero attached hydrogens (tertiary/aromatic N) is 1. The molecule has 0 aromatic heterocycles. The number of rotatable bonds is 8. The van der Waals surface area contributed by atoms with Gasteiger partial charge in [-0.15, -0.1) is 0 Å². The predicted molar refractivity (Wildman–Crippen MR) is 97.1 cm³/mol. The van der Waals surface area contributed by atoms with Crippen molar-refractivity contribution in [1.82, 2.24) is 10.2 Å². The molecule has 1 heterocycles. The van der Waals surface area contributed by atoms with Crippen LogP contribution in [0.25, 0.3) is 0 Å². The maximum absolute atomic E-state index is 12.5. The Kier molecular flexibility index (Phi) is 6.63. The fourth-order valence-corrected chi connectivity index (χ4v) is 3.45. The van der Waals surface area contributed by atoms with Crippen LogP contribution in [0.15, 0.2) is 24.3 Å². The molecule has 2 atom stereocenters. The monoisotopic (exact) mass is 333 g/mol. The lowest BCUT2D eigenvalue weighted by atomic mass is 9.96. The number of hydrogen-bond donors (Lipinski definition) is 2. The zero-order chi connectivity index (χ0) is 17.6. The van der Waals surface area contributed by atoms with Gasteiger partial charge >= 0.3 is 0 Å². The van der Waals surface area contributed by atoms with Crippen molar-refractivity contribution in [2.24, 2.45) is 5.73 Å². The second-order valence-corrected chi connectivity index (χ2v) is 6.88. The summed E-state index contributed by atoms with van der Waals surface area (Å²) >= 11 is 0. The van der Waals surface area contributed by atoms with E-state index in [4.69, 9.17) is 10.5 Å². The number of ether oxygens (including phenoxy) is 1. The molecule has 1 fully saturated rings. The minimum absolute atomic E-state index is 0.0801. The Morgan fingerprint density at radius 1 is 1.38 bits per heavy atom. The summed E-state index contributed by atoms with van der Waals surface area (Å²) in [6.45, 7) is 6.50. The molecule has 5 nitrogen and oxygen atoms in total. The summed E-state index contributed by atoms with van der Waals surface area (Å²) in [5.74, 6) is 0.788. The number of methoxy groups -OCH3 is 1. The van der Waals surface area contributed by atoms with E-state index in [1.165, 1.54) is 12.8 Å². The molecule has 134 valence electrons. The second kappa shape index (κ2) is 8.49. The summed E-state index contributed by atoms with van der Waals surface area (Å²) in [5.41, 5.74) is 6.46. The summed E-state index contributed by atoms with van der Waals surface area (Å²) in [4.78, 5) is 14.9. The standard InChI is InChI=1S/C19H31N3O2/c1-4-11-19(2,20)18(23)21-14-16(22-12-7-8-13-22)15-9-5-6-10-17(15)24-3/h5-6,9-10,16H,4,7-8,11-14,20H2,1-3H3,(H,21,23). The molecule has 3 N–H and O–H groups in total. The normalized spacial score (nSPS) is 18.8. The molecule has 0 spiro atoms. The van der Waals surface area contributed by atoms with Crippen molar-refractivity contribution in [1.29, 1.82) is 0 Å². The first-order chi connectivity index (χ1) is 11.5. The van der Waals surface area contributed by atoms with Gasteiger partial charge in [0.15, 0.2) is 0 Å². The van der Waals surface area contributed by atoms with Gasteiger partial charge in [-0.2, -0.15) is 0 Å². The topological polar surface area (TPSA) is 67.6 Å². The number of carbonyl (C=O) groups excluding carboxylic acids is 1. The molecule has 0 saturated carbocycles. The highest BCUT2D eigenvalue weighted by molar-refractivity contribution is 5.85. The number of carbonyl (C=O) groups is 1. The number of nitrogens with one attached hydrogen (secondary N) is 1. The molecule has 2 unspecified atom stereocenters. The van der Waals surface area contributed by atoms with E-state index in [0.717, 1.165) is 30.8 Å². The molecule has 1 aromatic rings. The third-order valence-electron chi connectivity index (χ3n) is 4.82. The van der Waals surface area contributed by atoms with Crippen LogP contribution in [0.5, 0.6) is 5.75 Å². The van der Waals surface area contributed by atoms with E-state index in [9.17, 15) is 4.79 Å². The number of nitrogens with two attached hydrogens (primary N) is 1. The summed E-state index contributed by atoms with van der Waals surface area (Å²) in [5, 5.41) is 3.07. The van der Waals surface area contributed by atoms with Crippen LogP contribution in [-0.2, 0) is 4.79 Å². The van der Waals surface area contributed by atoms with Gasteiger partial charge in [-0.1, -0.05) is 31.5 Å². The number of likely N-dealkylation sites (tertiary alicyclic amines) is 1. The van der Waals surface area contributed by atoms with Crippen molar-refractivity contribution in [3.63, 3.8) is 0 Å². The van der Waals surface area contributed by atoms with Gasteiger partial charge in [0, 0.05) is 12.1 Å². The first-order valence-corrected chi connectivity index (χ1v) is 8.93. The quantitative estimate of drug-likeness (QED) is 0.767. The number of benzene rings is 1. The van der Waals surface area contributed by atoms with E-state index in [1.54, 1.807) is 14.0 Å². The number of hydrogen-bond acceptors (Lipinski definition) is 4. The number of amides is 1. The van der Waals surface area contributed by atoms with E-state index in [0.29, 0.717) is 13.0 Å². The van der Waals surface area contributed by atoms with Crippen LogP contribution in [-0.4, -0.2) is 43.1 Å². The Balaban J connectivity index is 2.14. The maximum atomic E-state index is 12.5. The minimum Gasteiger partial charge on any atom is -0.496 e. The van der Waals surface area contributed by atoms with Gasteiger partial charge in [-0.05, 0) is 45.3 Å². The zero-order valence-electron chi connectivity index (χ0n) is 15.2. The highest BCUT2D eigenvalue weighted by atomic mass is 16.5. The summed E-state index contributed by atoms with van der Waals surface area (Å²) in [7, 11) is 1.69. The van der Waals surface area contributed by atoms with Gasteiger partial charge in [-0.25, -0.2) is 0 Å². The zero-order valence-corrected chi connectivity index (χ0v) is 15.2. The van der Waals surface area contributed by atoms with Crippen LogP contribution in [0.1, 0.15) is 51.1 Å². The lowest BCUT2D eigenvalue weighted by Crippen LogP contribution is -2.53. The van der Waals surface area contributed by atoms with E-state index < -0.39 is 5.54 Å². The Morgan fingerprint density at radius 3 is 2.67 bits per heavy atom. The molecule has 1 aromatic carbocycles. The van der Waals surface area contributed by atoms with Gasteiger partial charge < -0.3 is 15.8 Å². The van der Waals surface area contributed by atoms with Crippen molar-refractivity contribution in [2.45, 2.75) is 51.1 Å². The first-order valence-electron chi connectivity index (χ1n) is 8.93. The van der Waals surface area contributed by atoms with E-state index >= 15 is 0 Å². The highest BCUT2D eigenvalue weighted by Gasteiger charge is 2.30. The van der Waals surface area contributed by atoms with Crippen LogP contribution in [0, 0.1) is 0 Å². The third-order valence-corrected chi connectivity index (χ3v) is 4.82. The van der Waals surface area contributed by atoms with E-state index in [2.05, 4.69) is 16.3 Å². The van der Waals surface area contributed by atoms with Gasteiger partial charge in [0.1, 0.15) is 5.75 Å². The Hall–Kier alpha value is -1.59. The SMILES string of the molecule is CCCC(C)(N)C(=O)NCC(c1ccccc1OC)N1CCCC1. The van der Waals surface area contributed by atoms with Gasteiger partial charge in [0.05, 0.1) is 18.7 Å². The average molecular weight is 333 g/mol. The Morgan fingerprint density at radius 2 is 2.04 bits per heavy atom. The van der Waals surface area contributed by atoms with Crippen molar-refractivity contribution in [3.8, 4) is 5.75 Å². The molecule has 1 saturated heterocycles. The third kappa shape index (κ3) is 4.48. The van der Waals surface area contributed by atoms with Crippen LogP contribution in [0.2, 0.25) is 0 Å². The molecule has 2 rings (SSSR count). The number of para-hydroxylation sites is 1. The van der Waals surface area contributed by atoms with E-state index in [1.807, 2.05) is 25.1 Å². The fourth-order valence-electron chi connectivity index (χ4n) is 3.45. The molecule has 0 bridgehead atoms. The molecular formula is C19H31N3O2. The Labute approximate surface area is 145 Å². The minimum atomic E-state index is -0.814.